The van der Waals surface area contributed by atoms with E-state index in [9.17, 15) is 0 Å². The molecule has 0 aromatic heterocycles. The lowest BCUT2D eigenvalue weighted by molar-refractivity contribution is 0.267. The van der Waals surface area contributed by atoms with E-state index in [1.807, 2.05) is 0 Å². The topological polar surface area (TPSA) is 3.24 Å². The molecular weight excluding hydrogens is 182 g/mol. The smallest absolute Gasteiger partial charge is 0.0439 e. The van der Waals surface area contributed by atoms with Crippen LogP contribution in [0.25, 0.3) is 0 Å². The molecule has 0 aliphatic heterocycles. The first-order valence-electron chi connectivity index (χ1n) is 5.35. The molecule has 0 heterocycles. The summed E-state index contributed by atoms with van der Waals surface area (Å²) < 4.78 is 0. The molecule has 0 unspecified atom stereocenters. The van der Waals surface area contributed by atoms with Crippen LogP contribution in [0.1, 0.15) is 11.6 Å². The van der Waals surface area contributed by atoms with Gasteiger partial charge in [-0.1, -0.05) is 54.6 Å². The molecule has 0 amide bonds. The molecule has 1 heteroatoms. The summed E-state index contributed by atoms with van der Waals surface area (Å²) in [6.07, 6.45) is 8.78. The van der Waals surface area contributed by atoms with E-state index in [1.54, 1.807) is 0 Å². The van der Waals surface area contributed by atoms with Crippen LogP contribution >= 0.6 is 0 Å². The Balaban J connectivity index is 2.28. The van der Waals surface area contributed by atoms with Crippen LogP contribution < -0.4 is 0 Å². The fourth-order valence-electron chi connectivity index (χ4n) is 2.17. The number of hydrogen-bond donors (Lipinski definition) is 0. The largest absolute Gasteiger partial charge is 0.301 e. The lowest BCUT2D eigenvalue weighted by Gasteiger charge is -2.28. The van der Waals surface area contributed by atoms with Gasteiger partial charge in [-0.3, -0.25) is 0 Å². The highest BCUT2D eigenvalue weighted by molar-refractivity contribution is 5.27. The average Bonchev–Trinajstić information content (AvgIpc) is 2.72. The number of benzene rings is 1. The SMILES string of the molecule is CN(C)[C@@H](c1ccccc1)C1C=CC=C1. The summed E-state index contributed by atoms with van der Waals surface area (Å²) in [5.41, 5.74) is 1.38. The van der Waals surface area contributed by atoms with Gasteiger partial charge in [0.1, 0.15) is 0 Å². The lowest BCUT2D eigenvalue weighted by Crippen LogP contribution is -2.25. The first-order valence-corrected chi connectivity index (χ1v) is 5.35. The summed E-state index contributed by atoms with van der Waals surface area (Å²) in [7, 11) is 4.27. The van der Waals surface area contributed by atoms with Crippen molar-refractivity contribution in [3.05, 3.63) is 60.2 Å². The third kappa shape index (κ3) is 2.18. The molecule has 78 valence electrons. The Kier molecular flexibility index (Phi) is 3.02. The molecule has 2 rings (SSSR count). The highest BCUT2D eigenvalue weighted by Gasteiger charge is 2.21. The Morgan fingerprint density at radius 2 is 1.60 bits per heavy atom. The van der Waals surface area contributed by atoms with E-state index in [1.165, 1.54) is 5.56 Å². The molecule has 0 bridgehead atoms. The van der Waals surface area contributed by atoms with Crippen molar-refractivity contribution in [3.63, 3.8) is 0 Å². The van der Waals surface area contributed by atoms with Crippen molar-refractivity contribution in [2.45, 2.75) is 6.04 Å². The van der Waals surface area contributed by atoms with Gasteiger partial charge in [-0.05, 0) is 19.7 Å². The number of nitrogens with zero attached hydrogens (tertiary/aromatic N) is 1. The molecule has 0 saturated heterocycles. The van der Waals surface area contributed by atoms with Crippen LogP contribution in [0.2, 0.25) is 0 Å². The maximum absolute atomic E-state index is 2.28. The zero-order valence-electron chi connectivity index (χ0n) is 9.30. The second-order valence-corrected chi connectivity index (χ2v) is 4.17. The van der Waals surface area contributed by atoms with Crippen LogP contribution in [-0.4, -0.2) is 19.0 Å². The average molecular weight is 199 g/mol. The Morgan fingerprint density at radius 1 is 1.00 bits per heavy atom. The first-order chi connectivity index (χ1) is 7.29. The highest BCUT2D eigenvalue weighted by atomic mass is 15.1. The van der Waals surface area contributed by atoms with Crippen molar-refractivity contribution in [2.24, 2.45) is 5.92 Å². The van der Waals surface area contributed by atoms with Gasteiger partial charge < -0.3 is 4.90 Å². The highest BCUT2D eigenvalue weighted by Crippen LogP contribution is 2.30. The molecule has 1 nitrogen and oxygen atoms in total. The number of rotatable bonds is 3. The molecule has 0 fully saturated rings. The summed E-state index contributed by atoms with van der Waals surface area (Å²) in [6.45, 7) is 0. The normalized spacial score (nSPS) is 17.5. The van der Waals surface area contributed by atoms with Gasteiger partial charge in [0.05, 0.1) is 0 Å². The molecule has 1 aromatic carbocycles. The van der Waals surface area contributed by atoms with Crippen molar-refractivity contribution in [3.8, 4) is 0 Å². The van der Waals surface area contributed by atoms with E-state index in [-0.39, 0.29) is 0 Å². The summed E-state index contributed by atoms with van der Waals surface area (Å²) in [5.74, 6) is 0.502. The maximum Gasteiger partial charge on any atom is 0.0439 e. The van der Waals surface area contributed by atoms with Crippen LogP contribution in [0.3, 0.4) is 0 Å². The Bertz CT molecular complexity index is 350. The van der Waals surface area contributed by atoms with Crippen LogP contribution in [-0.2, 0) is 0 Å². The van der Waals surface area contributed by atoms with Gasteiger partial charge in [-0.15, -0.1) is 0 Å². The monoisotopic (exact) mass is 199 g/mol. The van der Waals surface area contributed by atoms with Gasteiger partial charge in [0, 0.05) is 12.0 Å². The van der Waals surface area contributed by atoms with Crippen LogP contribution in [0, 0.1) is 5.92 Å². The van der Waals surface area contributed by atoms with Crippen molar-refractivity contribution in [1.82, 2.24) is 4.90 Å². The molecule has 1 atom stereocenters. The van der Waals surface area contributed by atoms with E-state index < -0.39 is 0 Å². The van der Waals surface area contributed by atoms with E-state index in [4.69, 9.17) is 0 Å². The van der Waals surface area contributed by atoms with Gasteiger partial charge in [0.2, 0.25) is 0 Å². The van der Waals surface area contributed by atoms with Crippen molar-refractivity contribution >= 4 is 0 Å². The van der Waals surface area contributed by atoms with Crippen molar-refractivity contribution < 1.29 is 0 Å². The molecule has 1 aliphatic carbocycles. The molecule has 15 heavy (non-hydrogen) atoms. The van der Waals surface area contributed by atoms with Crippen LogP contribution in [0.15, 0.2) is 54.6 Å². The molecular formula is C14H17N. The minimum Gasteiger partial charge on any atom is -0.301 e. The minimum absolute atomic E-state index is 0.446. The summed E-state index contributed by atoms with van der Waals surface area (Å²) in [5, 5.41) is 0. The zero-order chi connectivity index (χ0) is 10.7. The van der Waals surface area contributed by atoms with E-state index >= 15 is 0 Å². The van der Waals surface area contributed by atoms with E-state index in [0.29, 0.717) is 12.0 Å². The predicted molar refractivity (Wildman–Crippen MR) is 64.6 cm³/mol. The fourth-order valence-corrected chi connectivity index (χ4v) is 2.17. The van der Waals surface area contributed by atoms with Gasteiger partial charge in [-0.25, -0.2) is 0 Å². The minimum atomic E-state index is 0.446. The third-order valence-electron chi connectivity index (χ3n) is 2.84. The van der Waals surface area contributed by atoms with E-state index in [2.05, 4.69) is 73.6 Å². The predicted octanol–water partition coefficient (Wildman–Crippen LogP) is 3.03. The van der Waals surface area contributed by atoms with Crippen molar-refractivity contribution in [1.29, 1.82) is 0 Å². The van der Waals surface area contributed by atoms with Crippen LogP contribution in [0.5, 0.6) is 0 Å². The molecule has 0 radical (unpaired) electrons. The summed E-state index contributed by atoms with van der Waals surface area (Å²) in [6, 6.07) is 11.1. The van der Waals surface area contributed by atoms with E-state index in [0.717, 1.165) is 0 Å². The van der Waals surface area contributed by atoms with Crippen LogP contribution in [0.4, 0.5) is 0 Å². The standard InChI is InChI=1S/C14H17N/c1-15(2)14(13-10-6-7-11-13)12-8-4-3-5-9-12/h3-11,13-14H,1-2H3/t14-/m0/s1. The number of allylic oxidation sites excluding steroid dienone is 2. The molecule has 1 aromatic rings. The summed E-state index contributed by atoms with van der Waals surface area (Å²) in [4.78, 5) is 2.28. The van der Waals surface area contributed by atoms with Gasteiger partial charge in [-0.2, -0.15) is 0 Å². The Hall–Kier alpha value is -1.34. The second-order valence-electron chi connectivity index (χ2n) is 4.17. The van der Waals surface area contributed by atoms with Crippen molar-refractivity contribution in [2.75, 3.05) is 14.1 Å². The lowest BCUT2D eigenvalue weighted by atomic mass is 9.93. The quantitative estimate of drug-likeness (QED) is 0.723. The molecule has 0 saturated carbocycles. The fraction of sp³-hybridized carbons (Fsp3) is 0.286. The third-order valence-corrected chi connectivity index (χ3v) is 2.84. The maximum atomic E-state index is 2.28. The number of hydrogen-bond acceptors (Lipinski definition) is 1. The molecule has 1 aliphatic rings. The van der Waals surface area contributed by atoms with Gasteiger partial charge in [0.15, 0.2) is 0 Å². The molecule has 0 spiro atoms. The Labute approximate surface area is 91.7 Å². The van der Waals surface area contributed by atoms with Gasteiger partial charge in [0.25, 0.3) is 0 Å². The second kappa shape index (κ2) is 4.45. The Morgan fingerprint density at radius 3 is 2.13 bits per heavy atom. The molecule has 0 N–H and O–H groups in total. The summed E-state index contributed by atoms with van der Waals surface area (Å²) >= 11 is 0. The zero-order valence-corrected chi connectivity index (χ0v) is 9.30. The van der Waals surface area contributed by atoms with Gasteiger partial charge >= 0.3 is 0 Å². The first kappa shape index (κ1) is 10.2.